The van der Waals surface area contributed by atoms with Crippen LogP contribution in [-0.2, 0) is 6.42 Å². The Balaban J connectivity index is 2.18. The van der Waals surface area contributed by atoms with E-state index < -0.39 is 17.5 Å². The van der Waals surface area contributed by atoms with Gasteiger partial charge in [0, 0.05) is 17.4 Å². The highest BCUT2D eigenvalue weighted by molar-refractivity contribution is 6.07. The van der Waals surface area contributed by atoms with Crippen molar-refractivity contribution >= 4 is 17.3 Å². The molecular weight excluding hydrogens is 276 g/mol. The molecule has 0 saturated carbocycles. The average molecular weight is 287 g/mol. The monoisotopic (exact) mass is 287 g/mol. The molecule has 21 heavy (non-hydrogen) atoms. The summed E-state index contributed by atoms with van der Waals surface area (Å²) in [4.78, 5) is 12.0. The molecule has 0 aliphatic rings. The van der Waals surface area contributed by atoms with Crippen LogP contribution in [0, 0.1) is 23.0 Å². The van der Waals surface area contributed by atoms with Crippen molar-refractivity contribution < 1.29 is 13.6 Å². The van der Waals surface area contributed by atoms with Gasteiger partial charge in [0.1, 0.15) is 0 Å². The van der Waals surface area contributed by atoms with Crippen LogP contribution in [0.2, 0.25) is 0 Å². The molecular formula is C15H11F2N3O. The van der Waals surface area contributed by atoms with Crippen LogP contribution in [0.5, 0.6) is 0 Å². The third-order valence-electron chi connectivity index (χ3n) is 2.83. The fraction of sp³-hybridized carbons (Fsp3) is 0.0667. The van der Waals surface area contributed by atoms with E-state index in [1.54, 1.807) is 24.3 Å². The number of hydrogen-bond acceptors (Lipinski definition) is 3. The number of rotatable bonds is 3. The molecule has 3 N–H and O–H groups in total. The summed E-state index contributed by atoms with van der Waals surface area (Å²) in [5.41, 5.74) is 6.49. The fourth-order valence-electron chi connectivity index (χ4n) is 1.75. The van der Waals surface area contributed by atoms with Crippen molar-refractivity contribution in [3.63, 3.8) is 0 Å². The summed E-state index contributed by atoms with van der Waals surface area (Å²) in [7, 11) is 0. The van der Waals surface area contributed by atoms with Crippen molar-refractivity contribution in [3.8, 4) is 6.07 Å². The molecule has 0 aliphatic carbocycles. The Morgan fingerprint density at radius 1 is 1.19 bits per heavy atom. The number of nitriles is 1. The van der Waals surface area contributed by atoms with Crippen LogP contribution >= 0.6 is 0 Å². The van der Waals surface area contributed by atoms with Gasteiger partial charge in [0.05, 0.1) is 18.1 Å². The number of carbonyl (C=O) groups is 1. The minimum absolute atomic E-state index is 0.144. The minimum Gasteiger partial charge on any atom is -0.398 e. The van der Waals surface area contributed by atoms with E-state index in [1.807, 2.05) is 6.07 Å². The van der Waals surface area contributed by atoms with Crippen LogP contribution in [0.3, 0.4) is 0 Å². The molecule has 2 aromatic carbocycles. The van der Waals surface area contributed by atoms with E-state index in [9.17, 15) is 13.6 Å². The van der Waals surface area contributed by atoms with Crippen molar-refractivity contribution in [1.82, 2.24) is 0 Å². The molecule has 0 saturated heterocycles. The standard InChI is InChI=1S/C15H11F2N3O/c16-12-7-11(14(19)8-13(12)17)15(21)20-10-3-1-9(2-4-10)5-6-18/h1-4,7-8H,5,19H2,(H,20,21). The Bertz CT molecular complexity index is 721. The Labute approximate surface area is 119 Å². The minimum atomic E-state index is -1.14. The first-order chi connectivity index (χ1) is 10.0. The molecule has 1 amide bonds. The van der Waals surface area contributed by atoms with Crippen LogP contribution in [0.25, 0.3) is 0 Å². The molecule has 0 aliphatic heterocycles. The lowest BCUT2D eigenvalue weighted by molar-refractivity contribution is 0.102. The third-order valence-corrected chi connectivity index (χ3v) is 2.83. The molecule has 0 heterocycles. The molecule has 0 aromatic heterocycles. The number of anilines is 2. The lowest BCUT2D eigenvalue weighted by atomic mass is 10.1. The van der Waals surface area contributed by atoms with Crippen LogP contribution < -0.4 is 11.1 Å². The Hall–Kier alpha value is -2.94. The van der Waals surface area contributed by atoms with Crippen LogP contribution in [0.1, 0.15) is 15.9 Å². The first-order valence-electron chi connectivity index (χ1n) is 6.03. The van der Waals surface area contributed by atoms with Crippen molar-refractivity contribution in [2.24, 2.45) is 0 Å². The van der Waals surface area contributed by atoms with Gasteiger partial charge in [0.15, 0.2) is 11.6 Å². The van der Waals surface area contributed by atoms with Gasteiger partial charge in [-0.05, 0) is 23.8 Å². The molecule has 0 spiro atoms. The second kappa shape index (κ2) is 6.01. The van der Waals surface area contributed by atoms with E-state index in [1.165, 1.54) is 0 Å². The number of nitrogen functional groups attached to an aromatic ring is 1. The van der Waals surface area contributed by atoms with Gasteiger partial charge in [-0.15, -0.1) is 0 Å². The van der Waals surface area contributed by atoms with Gasteiger partial charge in [0.2, 0.25) is 0 Å². The largest absolute Gasteiger partial charge is 0.398 e. The Morgan fingerprint density at radius 3 is 2.43 bits per heavy atom. The highest BCUT2D eigenvalue weighted by atomic mass is 19.2. The van der Waals surface area contributed by atoms with E-state index >= 15 is 0 Å². The van der Waals surface area contributed by atoms with Gasteiger partial charge in [-0.2, -0.15) is 5.26 Å². The van der Waals surface area contributed by atoms with Crippen LogP contribution in [0.15, 0.2) is 36.4 Å². The molecule has 2 aromatic rings. The molecule has 6 heteroatoms. The predicted octanol–water partition coefficient (Wildman–Crippen LogP) is 2.87. The smallest absolute Gasteiger partial charge is 0.257 e. The molecule has 0 radical (unpaired) electrons. The van der Waals surface area contributed by atoms with Crippen molar-refractivity contribution in [2.45, 2.75) is 6.42 Å². The van der Waals surface area contributed by atoms with E-state index in [-0.39, 0.29) is 17.7 Å². The number of nitrogens with zero attached hydrogens (tertiary/aromatic N) is 1. The Kier molecular flexibility index (Phi) is 4.14. The van der Waals surface area contributed by atoms with Gasteiger partial charge >= 0.3 is 0 Å². The number of halogens is 2. The van der Waals surface area contributed by atoms with Gasteiger partial charge < -0.3 is 11.1 Å². The normalized spacial score (nSPS) is 9.95. The zero-order chi connectivity index (χ0) is 15.4. The topological polar surface area (TPSA) is 78.9 Å². The number of nitrogens with one attached hydrogen (secondary N) is 1. The van der Waals surface area contributed by atoms with E-state index in [2.05, 4.69) is 5.32 Å². The number of carbonyl (C=O) groups excluding carboxylic acids is 1. The van der Waals surface area contributed by atoms with Gasteiger partial charge in [-0.3, -0.25) is 4.79 Å². The molecule has 4 nitrogen and oxygen atoms in total. The maximum absolute atomic E-state index is 13.2. The van der Waals surface area contributed by atoms with Crippen molar-refractivity contribution in [3.05, 3.63) is 59.2 Å². The number of nitrogens with two attached hydrogens (primary N) is 1. The summed E-state index contributed by atoms with van der Waals surface area (Å²) in [6, 6.07) is 10.1. The predicted molar refractivity (Wildman–Crippen MR) is 74.5 cm³/mol. The Morgan fingerprint density at radius 2 is 1.81 bits per heavy atom. The summed E-state index contributed by atoms with van der Waals surface area (Å²) in [6.07, 6.45) is 0.268. The van der Waals surface area contributed by atoms with Gasteiger partial charge in [0.25, 0.3) is 5.91 Å². The quantitative estimate of drug-likeness (QED) is 0.852. The second-order valence-electron chi connectivity index (χ2n) is 4.34. The van der Waals surface area contributed by atoms with E-state index in [4.69, 9.17) is 11.0 Å². The fourth-order valence-corrected chi connectivity index (χ4v) is 1.75. The molecule has 106 valence electrons. The number of hydrogen-bond donors (Lipinski definition) is 2. The summed E-state index contributed by atoms with van der Waals surface area (Å²) in [5, 5.41) is 11.1. The van der Waals surface area contributed by atoms with Gasteiger partial charge in [-0.25, -0.2) is 8.78 Å². The molecule has 2 rings (SSSR count). The zero-order valence-corrected chi connectivity index (χ0v) is 10.9. The maximum atomic E-state index is 13.2. The summed E-state index contributed by atoms with van der Waals surface area (Å²) >= 11 is 0. The van der Waals surface area contributed by atoms with Crippen molar-refractivity contribution in [2.75, 3.05) is 11.1 Å². The van der Waals surface area contributed by atoms with Gasteiger partial charge in [-0.1, -0.05) is 12.1 Å². The van der Waals surface area contributed by atoms with Crippen LogP contribution in [-0.4, -0.2) is 5.91 Å². The first-order valence-corrected chi connectivity index (χ1v) is 6.03. The molecule has 0 bridgehead atoms. The summed E-state index contributed by atoms with van der Waals surface area (Å²) in [6.45, 7) is 0. The molecule has 0 atom stereocenters. The lowest BCUT2D eigenvalue weighted by Gasteiger charge is -2.08. The number of amides is 1. The van der Waals surface area contributed by atoms with E-state index in [0.717, 1.165) is 17.7 Å². The summed E-state index contributed by atoms with van der Waals surface area (Å²) in [5.74, 6) is -2.89. The third kappa shape index (κ3) is 3.34. The van der Waals surface area contributed by atoms with Crippen LogP contribution in [0.4, 0.5) is 20.2 Å². The lowest BCUT2D eigenvalue weighted by Crippen LogP contribution is -2.15. The molecule has 0 fully saturated rings. The second-order valence-corrected chi connectivity index (χ2v) is 4.34. The maximum Gasteiger partial charge on any atom is 0.257 e. The SMILES string of the molecule is N#CCc1ccc(NC(=O)c2cc(F)c(F)cc2N)cc1. The zero-order valence-electron chi connectivity index (χ0n) is 10.9. The highest BCUT2D eigenvalue weighted by Gasteiger charge is 2.14. The summed E-state index contributed by atoms with van der Waals surface area (Å²) < 4.78 is 26.1. The average Bonchev–Trinajstić information content (AvgIpc) is 2.45. The number of benzene rings is 2. The highest BCUT2D eigenvalue weighted by Crippen LogP contribution is 2.19. The molecule has 0 unspecified atom stereocenters. The first kappa shape index (κ1) is 14.5. The van der Waals surface area contributed by atoms with E-state index in [0.29, 0.717) is 5.69 Å². The van der Waals surface area contributed by atoms with Crippen molar-refractivity contribution in [1.29, 1.82) is 5.26 Å².